The van der Waals surface area contributed by atoms with Crippen LogP contribution in [0.15, 0.2) is 18.3 Å². The average Bonchev–Trinajstić information content (AvgIpc) is 2.43. The molecule has 0 saturated carbocycles. The molecule has 0 saturated heterocycles. The Kier molecular flexibility index (Phi) is 4.13. The van der Waals surface area contributed by atoms with E-state index >= 15 is 0 Å². The molecule has 118 valence electrons. The van der Waals surface area contributed by atoms with E-state index in [0.29, 0.717) is 16.7 Å². The summed E-state index contributed by atoms with van der Waals surface area (Å²) in [5, 5.41) is 0. The molecule has 0 amide bonds. The summed E-state index contributed by atoms with van der Waals surface area (Å²) in [5.41, 5.74) is 0.706. The third-order valence-electron chi connectivity index (χ3n) is 3.63. The van der Waals surface area contributed by atoms with Gasteiger partial charge in [-0.3, -0.25) is 0 Å². The number of nitrogens with zero attached hydrogens (tertiary/aromatic N) is 1. The predicted molar refractivity (Wildman–Crippen MR) is 75.4 cm³/mol. The number of aryl methyl sites for hydroxylation is 1. The smallest absolute Gasteiger partial charge is 0.416 e. The maximum absolute atomic E-state index is 14.0. The van der Waals surface area contributed by atoms with E-state index in [2.05, 4.69) is 4.98 Å². The zero-order valence-corrected chi connectivity index (χ0v) is 12.6. The fraction of sp³-hybridized carbons (Fsp3) is 0.312. The summed E-state index contributed by atoms with van der Waals surface area (Å²) >= 11 is 0. The molecule has 2 rings (SSSR count). The molecule has 6 heteroatoms. The Hall–Kier alpha value is -2.11. The molecular weight excluding hydrogens is 298 g/mol. The Morgan fingerprint density at radius 3 is 2.23 bits per heavy atom. The second-order valence-electron chi connectivity index (χ2n) is 5.10. The summed E-state index contributed by atoms with van der Waals surface area (Å²) in [6.07, 6.45) is -3.14. The third kappa shape index (κ3) is 2.77. The molecule has 22 heavy (non-hydrogen) atoms. The molecule has 2 aromatic rings. The number of hydrogen-bond acceptors (Lipinski definition) is 2. The molecule has 0 unspecified atom stereocenters. The summed E-state index contributed by atoms with van der Waals surface area (Å²) in [7, 11) is 1.26. The van der Waals surface area contributed by atoms with Crippen molar-refractivity contribution in [3.8, 4) is 16.9 Å². The number of pyridine rings is 1. The molecule has 1 aromatic heterocycles. The number of hydrogen-bond donors (Lipinski definition) is 0. The van der Waals surface area contributed by atoms with Gasteiger partial charge in [0.05, 0.1) is 12.7 Å². The van der Waals surface area contributed by atoms with Crippen molar-refractivity contribution in [3.63, 3.8) is 0 Å². The lowest BCUT2D eigenvalue weighted by atomic mass is 9.92. The van der Waals surface area contributed by atoms with Gasteiger partial charge < -0.3 is 4.74 Å². The van der Waals surface area contributed by atoms with Crippen molar-refractivity contribution in [3.05, 3.63) is 46.5 Å². The molecule has 0 radical (unpaired) electrons. The summed E-state index contributed by atoms with van der Waals surface area (Å²) in [5.74, 6) is -0.770. The van der Waals surface area contributed by atoms with Gasteiger partial charge in [0.25, 0.3) is 0 Å². The Morgan fingerprint density at radius 2 is 1.68 bits per heavy atom. The molecule has 0 aliphatic carbocycles. The second-order valence-corrected chi connectivity index (χ2v) is 5.10. The van der Waals surface area contributed by atoms with Crippen molar-refractivity contribution < 1.29 is 22.3 Å². The van der Waals surface area contributed by atoms with Crippen molar-refractivity contribution in [2.45, 2.75) is 26.9 Å². The van der Waals surface area contributed by atoms with Crippen LogP contribution in [0.4, 0.5) is 17.6 Å². The van der Waals surface area contributed by atoms with Crippen molar-refractivity contribution >= 4 is 0 Å². The van der Waals surface area contributed by atoms with Crippen LogP contribution in [-0.2, 0) is 6.18 Å². The number of ether oxygens (including phenoxy) is 1. The van der Waals surface area contributed by atoms with Crippen LogP contribution in [-0.4, -0.2) is 12.1 Å². The lowest BCUT2D eigenvalue weighted by Crippen LogP contribution is -2.10. The first-order valence-electron chi connectivity index (χ1n) is 6.54. The summed E-state index contributed by atoms with van der Waals surface area (Å²) in [6, 6.07) is 2.44. The van der Waals surface area contributed by atoms with Crippen molar-refractivity contribution in [2.75, 3.05) is 7.11 Å². The van der Waals surface area contributed by atoms with Gasteiger partial charge in [0, 0.05) is 17.3 Å². The second kappa shape index (κ2) is 5.59. The van der Waals surface area contributed by atoms with Gasteiger partial charge in [0.15, 0.2) is 0 Å². The maximum Gasteiger partial charge on any atom is 0.416 e. The van der Waals surface area contributed by atoms with Crippen LogP contribution < -0.4 is 4.74 Å². The zero-order chi connectivity index (χ0) is 16.7. The van der Waals surface area contributed by atoms with Crippen LogP contribution >= 0.6 is 0 Å². The first-order chi connectivity index (χ1) is 10.2. The minimum absolute atomic E-state index is 0.0262. The lowest BCUT2D eigenvalue weighted by molar-refractivity contribution is -0.138. The van der Waals surface area contributed by atoms with E-state index in [1.807, 2.05) is 0 Å². The molecule has 0 bridgehead atoms. The van der Waals surface area contributed by atoms with Gasteiger partial charge >= 0.3 is 6.18 Å². The van der Waals surface area contributed by atoms with Crippen LogP contribution in [0.5, 0.6) is 5.75 Å². The monoisotopic (exact) mass is 313 g/mol. The highest BCUT2D eigenvalue weighted by atomic mass is 19.4. The highest BCUT2D eigenvalue weighted by molar-refractivity contribution is 5.76. The molecule has 1 aromatic carbocycles. The van der Waals surface area contributed by atoms with Crippen LogP contribution in [0.1, 0.15) is 22.3 Å². The molecule has 0 fully saturated rings. The molecule has 0 N–H and O–H groups in total. The lowest BCUT2D eigenvalue weighted by Gasteiger charge is -2.19. The summed E-state index contributed by atoms with van der Waals surface area (Å²) in [6.45, 7) is 4.61. The molecule has 0 spiro atoms. The van der Waals surface area contributed by atoms with Crippen molar-refractivity contribution in [1.29, 1.82) is 0 Å². The number of alkyl halides is 3. The summed E-state index contributed by atoms with van der Waals surface area (Å²) < 4.78 is 58.3. The molecule has 2 nitrogen and oxygen atoms in total. The van der Waals surface area contributed by atoms with E-state index in [4.69, 9.17) is 4.74 Å². The van der Waals surface area contributed by atoms with E-state index in [0.717, 1.165) is 6.07 Å². The zero-order valence-electron chi connectivity index (χ0n) is 12.6. The van der Waals surface area contributed by atoms with Crippen LogP contribution in [0, 0.1) is 26.7 Å². The van der Waals surface area contributed by atoms with Gasteiger partial charge in [-0.2, -0.15) is 17.6 Å². The van der Waals surface area contributed by atoms with Crippen molar-refractivity contribution in [2.24, 2.45) is 0 Å². The van der Waals surface area contributed by atoms with E-state index in [9.17, 15) is 17.6 Å². The first kappa shape index (κ1) is 16.3. The number of rotatable bonds is 2. The van der Waals surface area contributed by atoms with Crippen molar-refractivity contribution in [1.82, 2.24) is 4.98 Å². The van der Waals surface area contributed by atoms with E-state index in [-0.39, 0.29) is 16.9 Å². The van der Waals surface area contributed by atoms with Gasteiger partial charge in [-0.05, 0) is 49.6 Å². The SMILES string of the molecule is COc1cc(C(F)(F)F)c(C)c(C)c1-c1cc(C)cnc1F. The number of methoxy groups -OCH3 is 1. The van der Waals surface area contributed by atoms with E-state index in [1.54, 1.807) is 13.0 Å². The highest BCUT2D eigenvalue weighted by Crippen LogP contribution is 2.42. The Labute approximate surface area is 125 Å². The largest absolute Gasteiger partial charge is 0.496 e. The minimum Gasteiger partial charge on any atom is -0.496 e. The number of aromatic nitrogens is 1. The van der Waals surface area contributed by atoms with E-state index < -0.39 is 17.7 Å². The molecule has 1 heterocycles. The minimum atomic E-state index is -4.50. The first-order valence-corrected chi connectivity index (χ1v) is 6.54. The number of benzene rings is 1. The third-order valence-corrected chi connectivity index (χ3v) is 3.63. The Bertz CT molecular complexity index is 723. The standard InChI is InChI=1S/C16H15F4NO/c1-8-5-11(15(17)21-7-8)14-10(3)9(2)12(16(18,19)20)6-13(14)22-4/h5-7H,1-4H3. The molecule has 0 atom stereocenters. The number of halogens is 4. The Morgan fingerprint density at radius 1 is 1.05 bits per heavy atom. The van der Waals surface area contributed by atoms with Gasteiger partial charge in [0.2, 0.25) is 5.95 Å². The van der Waals surface area contributed by atoms with E-state index in [1.165, 1.54) is 27.2 Å². The molecular formula is C16H15F4NO. The average molecular weight is 313 g/mol. The van der Waals surface area contributed by atoms with Crippen LogP contribution in [0.2, 0.25) is 0 Å². The van der Waals surface area contributed by atoms with Gasteiger partial charge in [-0.15, -0.1) is 0 Å². The predicted octanol–water partition coefficient (Wildman–Crippen LogP) is 4.84. The normalized spacial score (nSPS) is 11.6. The fourth-order valence-corrected chi connectivity index (χ4v) is 2.40. The quantitative estimate of drug-likeness (QED) is 0.584. The van der Waals surface area contributed by atoms with Gasteiger partial charge in [0.1, 0.15) is 5.75 Å². The molecule has 0 aliphatic heterocycles. The topological polar surface area (TPSA) is 22.1 Å². The van der Waals surface area contributed by atoms with Gasteiger partial charge in [-0.25, -0.2) is 4.98 Å². The summed E-state index contributed by atoms with van der Waals surface area (Å²) in [4.78, 5) is 3.63. The van der Waals surface area contributed by atoms with Crippen LogP contribution in [0.25, 0.3) is 11.1 Å². The van der Waals surface area contributed by atoms with Gasteiger partial charge in [-0.1, -0.05) is 0 Å². The highest BCUT2D eigenvalue weighted by Gasteiger charge is 2.35. The fourth-order valence-electron chi connectivity index (χ4n) is 2.40. The maximum atomic E-state index is 14.0. The van der Waals surface area contributed by atoms with Crippen LogP contribution in [0.3, 0.4) is 0 Å². The molecule has 0 aliphatic rings. The Balaban J connectivity index is 2.82.